The van der Waals surface area contributed by atoms with Crippen molar-refractivity contribution in [3.05, 3.63) is 297 Å². The van der Waals surface area contributed by atoms with Gasteiger partial charge in [-0.25, -0.2) is 14.4 Å². The van der Waals surface area contributed by atoms with Crippen molar-refractivity contribution in [2.24, 2.45) is 0 Å². The van der Waals surface area contributed by atoms with Crippen LogP contribution in [0.25, 0.3) is 87.8 Å². The van der Waals surface area contributed by atoms with E-state index in [1.165, 1.54) is 99.1 Å². The van der Waals surface area contributed by atoms with Crippen LogP contribution in [0.2, 0.25) is 0 Å². The van der Waals surface area contributed by atoms with Gasteiger partial charge in [-0.15, -0.1) is 0 Å². The normalized spacial score (nSPS) is 11.2. The highest BCUT2D eigenvalue weighted by atomic mass is 16.6. The number of hydrogen-bond donors (Lipinski definition) is 13. The highest BCUT2D eigenvalue weighted by molar-refractivity contribution is 6.01. The van der Waals surface area contributed by atoms with Crippen LogP contribution in [0.5, 0.6) is 69.0 Å². The number of ketones is 1. The van der Waals surface area contributed by atoms with E-state index in [2.05, 4.69) is 20.8 Å². The second kappa shape index (κ2) is 48.5. The molecule has 0 saturated heterocycles. The van der Waals surface area contributed by atoms with E-state index in [0.29, 0.717) is 52.6 Å². The lowest BCUT2D eigenvalue weighted by Crippen LogP contribution is -2.22. The molecule has 2 atom stereocenters. The van der Waals surface area contributed by atoms with Crippen LogP contribution in [0.1, 0.15) is 185 Å². The monoisotopic (exact) mass is 1930 g/mol. The van der Waals surface area contributed by atoms with Gasteiger partial charge in [-0.05, 0) is 101 Å². The number of phenols is 11. The van der Waals surface area contributed by atoms with Crippen LogP contribution in [0.3, 0.4) is 0 Å². The summed E-state index contributed by atoms with van der Waals surface area (Å²) in [5.41, 5.74) is -2.57. The molecular weight excluding hydrogens is 1840 g/mol. The molecule has 0 aliphatic carbocycles. The van der Waals surface area contributed by atoms with Crippen molar-refractivity contribution in [1.29, 1.82) is 0 Å². The third-order valence-electron chi connectivity index (χ3n) is 20.3. The molecule has 39 nitrogen and oxygen atoms in total. The molecular formula is C101H94O39. The molecule has 0 fully saturated rings. The number of aromatic carboxylic acids is 2. The number of esters is 1. The predicted octanol–water partition coefficient (Wildman–Crippen LogP) is 16.4. The molecule has 16 aromatic rings. The third kappa shape index (κ3) is 27.1. The fourth-order valence-electron chi connectivity index (χ4n) is 13.7. The molecule has 140 heavy (non-hydrogen) atoms. The summed E-state index contributed by atoms with van der Waals surface area (Å²) in [6.07, 6.45) is 11.8. The van der Waals surface area contributed by atoms with Crippen LogP contribution in [-0.4, -0.2) is 136 Å². The van der Waals surface area contributed by atoms with Gasteiger partial charge in [-0.2, -0.15) is 0 Å². The van der Waals surface area contributed by atoms with E-state index in [-0.39, 0.29) is 210 Å². The Bertz CT molecular complexity index is 7830. The number of fused-ring (bicyclic) bond motifs is 8. The van der Waals surface area contributed by atoms with Gasteiger partial charge >= 0.3 is 17.9 Å². The van der Waals surface area contributed by atoms with Crippen LogP contribution in [0.4, 0.5) is 0 Å². The quantitative estimate of drug-likeness (QED) is 0.0122. The maximum absolute atomic E-state index is 12.4. The molecule has 16 rings (SSSR count). The number of carbonyl (C=O) groups excluding carboxylic acids is 4. The van der Waals surface area contributed by atoms with E-state index in [9.17, 15) is 108 Å². The van der Waals surface area contributed by atoms with Crippen molar-refractivity contribution in [1.82, 2.24) is 0 Å². The van der Waals surface area contributed by atoms with Crippen molar-refractivity contribution in [2.75, 3.05) is 20.8 Å². The van der Waals surface area contributed by atoms with Crippen molar-refractivity contribution >= 4 is 124 Å². The average molecular weight is 1930 g/mol. The Labute approximate surface area is 787 Å². The Morgan fingerprint density at radius 3 is 1.27 bits per heavy atom. The van der Waals surface area contributed by atoms with Gasteiger partial charge in [-0.3, -0.25) is 52.7 Å². The molecule has 39 heteroatoms. The Balaban J connectivity index is 0.000000180. The minimum Gasteiger partial charge on any atom is -0.508 e. The minimum atomic E-state index is -1.40. The summed E-state index contributed by atoms with van der Waals surface area (Å²) < 4.78 is 62.3. The summed E-state index contributed by atoms with van der Waals surface area (Å²) >= 11 is 0. The third-order valence-corrected chi connectivity index (χ3v) is 20.3. The fourth-order valence-corrected chi connectivity index (χ4v) is 13.7. The van der Waals surface area contributed by atoms with E-state index in [4.69, 9.17) is 79.8 Å². The summed E-state index contributed by atoms with van der Waals surface area (Å²) in [6, 6.07) is 31.8. The number of aryl methyl sites for hydroxylation is 1. The number of carboxylic acids is 2. The number of methoxy groups -OCH3 is 2. The van der Waals surface area contributed by atoms with E-state index in [1.807, 2.05) is 20.8 Å². The first-order valence-electron chi connectivity index (χ1n) is 42.7. The number of carbonyl (C=O) groups is 6. The Morgan fingerprint density at radius 2 is 0.807 bits per heavy atom. The first-order chi connectivity index (χ1) is 66.6. The average Bonchev–Trinajstić information content (AvgIpc) is 0.759. The van der Waals surface area contributed by atoms with E-state index in [0.717, 1.165) is 112 Å². The van der Waals surface area contributed by atoms with Gasteiger partial charge in [0.25, 0.3) is 0 Å². The largest absolute Gasteiger partial charge is 0.508 e. The summed E-state index contributed by atoms with van der Waals surface area (Å²) in [7, 11) is 2.71. The zero-order valence-electron chi connectivity index (χ0n) is 76.2. The molecule has 8 heterocycles. The molecule has 0 bridgehead atoms. The van der Waals surface area contributed by atoms with Crippen LogP contribution in [0.15, 0.2) is 238 Å². The number of Topliss-reactive ketones (excluding diaryl/α,β-unsaturated/α-hetero) is 1. The number of aldehydes is 2. The maximum atomic E-state index is 12.4. The Kier molecular flexibility index (Phi) is 36.8. The van der Waals surface area contributed by atoms with Gasteiger partial charge in [-0.1, -0.05) is 53.4 Å². The summed E-state index contributed by atoms with van der Waals surface area (Å²) in [6.45, 7) is 13.3. The van der Waals surface area contributed by atoms with E-state index >= 15 is 0 Å². The number of ether oxygens (including phenoxy) is 4. The maximum Gasteiger partial charge on any atom is 0.374 e. The zero-order chi connectivity index (χ0) is 103. The van der Waals surface area contributed by atoms with Gasteiger partial charge in [0.05, 0.1) is 38.8 Å². The van der Waals surface area contributed by atoms with Crippen molar-refractivity contribution in [3.8, 4) is 69.0 Å². The van der Waals surface area contributed by atoms with Gasteiger partial charge < -0.3 is 121 Å². The predicted molar refractivity (Wildman–Crippen MR) is 506 cm³/mol. The molecule has 0 spiro atoms. The first kappa shape index (κ1) is 106. The number of hydrogen-bond acceptors (Lipinski definition) is 37. The highest BCUT2D eigenvalue weighted by Gasteiger charge is 2.26. The van der Waals surface area contributed by atoms with Crippen molar-refractivity contribution in [3.63, 3.8) is 0 Å². The zero-order valence-corrected chi connectivity index (χ0v) is 76.2. The molecule has 8 aromatic heterocycles. The lowest BCUT2D eigenvalue weighted by molar-refractivity contribution is 0.0231. The summed E-state index contributed by atoms with van der Waals surface area (Å²) in [5.74, 6) is -5.55. The number of rotatable bonds is 23. The van der Waals surface area contributed by atoms with E-state index in [1.54, 1.807) is 25.1 Å². The molecule has 0 aliphatic rings. The second-order valence-corrected chi connectivity index (χ2v) is 31.0. The van der Waals surface area contributed by atoms with E-state index < -0.39 is 63.0 Å². The first-order valence-corrected chi connectivity index (χ1v) is 42.7. The van der Waals surface area contributed by atoms with Crippen LogP contribution in [0, 0.1) is 6.92 Å². The van der Waals surface area contributed by atoms with Gasteiger partial charge in [0.2, 0.25) is 33.6 Å². The molecule has 2 unspecified atom stereocenters. The lowest BCUT2D eigenvalue weighted by Gasteiger charge is -2.15. The highest BCUT2D eigenvalue weighted by Crippen LogP contribution is 2.35. The van der Waals surface area contributed by atoms with Crippen LogP contribution < -0.4 is 48.2 Å². The lowest BCUT2D eigenvalue weighted by atomic mass is 9.96. The Hall–Kier alpha value is -17.6. The summed E-state index contributed by atoms with van der Waals surface area (Å²) in [4.78, 5) is 161. The second-order valence-electron chi connectivity index (χ2n) is 31.0. The molecule has 0 saturated carbocycles. The number of phenolic OH excluding ortho intramolecular Hbond substituents is 11. The summed E-state index contributed by atoms with van der Waals surface area (Å²) in [5, 5.41) is 122. The van der Waals surface area contributed by atoms with Crippen LogP contribution >= 0.6 is 0 Å². The molecule has 13 N–H and O–H groups in total. The minimum absolute atomic E-state index is 0.0134. The number of aromatic hydroxyl groups is 11. The van der Waals surface area contributed by atoms with Gasteiger partial charge in [0.15, 0.2) is 45.5 Å². The smallest absolute Gasteiger partial charge is 0.374 e. The number of benzene rings is 8. The van der Waals surface area contributed by atoms with Gasteiger partial charge in [0.1, 0.15) is 190 Å². The molecule has 8 aromatic carbocycles. The molecule has 0 amide bonds. The van der Waals surface area contributed by atoms with Crippen molar-refractivity contribution in [2.45, 2.75) is 131 Å². The number of carboxylic acid groups (broad SMARTS) is 2. The standard InChI is InChI=1S/C18H22O5.C16H20O4.C14H14O7.C13H12O4.C10H6O6.C10H6O5.C10H8O4.C10H6O4/c1-3-5-6-7-13(4-2)22-18(21)17-11-15(20)14-9-8-12(19)10-16(14)23-17;1-3-5-6-10(4-2)14-9-13(19)16-12(18)7-11(17)8-15(16)20-14;1-19-5-9(17)13-11(6-20-2)21-10-4-7(15)3-8(16)12(10)14(13)18;1-8(2)17-10-3-4-11-12(5-10)16-7-9(6-14)13(11)15;11-4-1-5(12)9-6(13)3-8(10(14)15)16-7(9)2-4;11-5-1-2-6-7(12)4-9(10(13)14)15-8(6)3-5;1-5-2-7(12)10-8(13)3-6(11)4-9(10)14-5;11-4-6-5-14-9-3-7(12)1-2-8(9)10(6)13/h8-11,13,19H,3-7H2,1-2H3;7-10,17-18H,3-6H2,1-2H3;3-4,15-16H,5-6H2,1-2H3;3-8H,1-2H3;1-3,11-12H,(H,14,15);1-4,11H,(H,13,14);2-4,11,13H,1H3;1-5,12H. The SMILES string of the molecule is CC(C)Oc1ccc2c(=O)c(C=O)coc2c1.CCCCC(CC)c1cc(=O)c2c(O)cc(O)cc2o1.CCCCCC(CC)OC(=O)c1cc(=O)c2ccc(O)cc2o1.COCC(=O)c1c(COC)oc2cc(O)cc(O)c2c1=O.Cc1cc(=O)c2c(O)cc(O)cc2o1.O=C(O)c1cc(=O)c2c(O)cc(O)cc2o1.O=C(O)c1cc(=O)c2ccc(O)cc2o1.O=Cc1coc2cc(O)ccc2c1=O. The van der Waals surface area contributed by atoms with Crippen molar-refractivity contribution < 1.29 is 149 Å². The number of unbranched alkanes of at least 4 members (excludes halogenated alkanes) is 3. The van der Waals surface area contributed by atoms with Crippen LogP contribution in [-0.2, 0) is 20.8 Å². The fraction of sp³-hybridized carbons (Fsp3) is 0.228. The topological polar surface area (TPSA) is 644 Å². The molecule has 0 radical (unpaired) electrons. The Morgan fingerprint density at radius 1 is 0.393 bits per heavy atom. The molecule has 732 valence electrons. The molecule has 0 aliphatic heterocycles. The van der Waals surface area contributed by atoms with Gasteiger partial charge in [0, 0.05) is 123 Å².